The summed E-state index contributed by atoms with van der Waals surface area (Å²) < 4.78 is 0. The highest BCUT2D eigenvalue weighted by Crippen LogP contribution is 2.23. The van der Waals surface area contributed by atoms with Crippen molar-refractivity contribution in [2.45, 2.75) is 90.5 Å². The summed E-state index contributed by atoms with van der Waals surface area (Å²) in [6, 6.07) is 0. The largest absolute Gasteiger partial charge is 0.870 e. The van der Waals surface area contributed by atoms with Gasteiger partial charge in [-0.1, -0.05) is 58.3 Å². The van der Waals surface area contributed by atoms with Crippen molar-refractivity contribution in [1.29, 1.82) is 0 Å². The Morgan fingerprint density at radius 2 is 1.37 bits per heavy atom. The maximum absolute atomic E-state index is 9.10. The number of quaternary nitrogens is 1. The van der Waals surface area contributed by atoms with E-state index in [1.165, 1.54) is 57.8 Å². The van der Waals surface area contributed by atoms with Crippen LogP contribution in [0.5, 0.6) is 0 Å². The van der Waals surface area contributed by atoms with Crippen LogP contribution in [0, 0.1) is 5.92 Å². The van der Waals surface area contributed by atoms with Crippen molar-refractivity contribution in [3.8, 4) is 0 Å². The SMILES string of the molecule is CCCCCCCCCCC(CCO)C(C)(C)[NH3+].[OH-]. The molecule has 0 saturated carbocycles. The van der Waals surface area contributed by atoms with Crippen molar-refractivity contribution in [2.75, 3.05) is 6.61 Å². The summed E-state index contributed by atoms with van der Waals surface area (Å²) >= 11 is 0. The molecule has 0 aliphatic heterocycles. The van der Waals surface area contributed by atoms with Crippen molar-refractivity contribution in [3.63, 3.8) is 0 Å². The van der Waals surface area contributed by atoms with Crippen molar-refractivity contribution in [1.82, 2.24) is 0 Å². The van der Waals surface area contributed by atoms with Crippen LogP contribution < -0.4 is 5.73 Å². The lowest BCUT2D eigenvalue weighted by Gasteiger charge is -2.26. The first kappa shape index (κ1) is 21.2. The number of aliphatic hydroxyl groups is 1. The minimum Gasteiger partial charge on any atom is -0.870 e. The van der Waals surface area contributed by atoms with Gasteiger partial charge in [-0.25, -0.2) is 0 Å². The Kier molecular flexibility index (Phi) is 14.4. The van der Waals surface area contributed by atoms with E-state index < -0.39 is 0 Å². The van der Waals surface area contributed by atoms with Gasteiger partial charge in [0.25, 0.3) is 0 Å². The van der Waals surface area contributed by atoms with Gasteiger partial charge in [-0.05, 0) is 26.7 Å². The first-order valence-electron chi connectivity index (χ1n) is 7.98. The van der Waals surface area contributed by atoms with Crippen LogP contribution in [0.25, 0.3) is 0 Å². The first-order valence-corrected chi connectivity index (χ1v) is 7.98. The van der Waals surface area contributed by atoms with Gasteiger partial charge in [-0.2, -0.15) is 0 Å². The Morgan fingerprint density at radius 3 is 1.79 bits per heavy atom. The standard InChI is InChI=1S/C16H35NO.H2O/c1-4-5-6-7-8-9-10-11-12-15(13-14-18)16(2,3)17;/h15,18H,4-14,17H2,1-3H3;1H2. The number of hydrogen-bond acceptors (Lipinski definition) is 2. The van der Waals surface area contributed by atoms with E-state index in [0.29, 0.717) is 12.5 Å². The second kappa shape index (κ2) is 12.9. The summed E-state index contributed by atoms with van der Waals surface area (Å²) in [4.78, 5) is 0. The molecule has 0 rings (SSSR count). The molecule has 5 N–H and O–H groups in total. The molecule has 1 unspecified atom stereocenters. The van der Waals surface area contributed by atoms with Gasteiger partial charge in [0.15, 0.2) is 0 Å². The molecular formula is C16H37NO2. The second-order valence-corrected chi connectivity index (χ2v) is 6.46. The van der Waals surface area contributed by atoms with Crippen LogP contribution in [0.15, 0.2) is 0 Å². The Labute approximate surface area is 120 Å². The van der Waals surface area contributed by atoms with Crippen LogP contribution in [0.4, 0.5) is 0 Å². The summed E-state index contributed by atoms with van der Waals surface area (Å²) in [6.45, 7) is 6.96. The Balaban J connectivity index is 0. The third-order valence-corrected chi connectivity index (χ3v) is 3.99. The highest BCUT2D eigenvalue weighted by molar-refractivity contribution is 4.75. The van der Waals surface area contributed by atoms with Gasteiger partial charge < -0.3 is 16.3 Å². The number of hydrogen-bond donors (Lipinski definition) is 2. The molecule has 0 radical (unpaired) electrons. The molecule has 0 saturated heterocycles. The normalized spacial score (nSPS) is 13.1. The summed E-state index contributed by atoms with van der Waals surface area (Å²) in [7, 11) is 0. The van der Waals surface area contributed by atoms with E-state index in [1.54, 1.807) is 0 Å². The minimum absolute atomic E-state index is 0. The molecule has 3 heteroatoms. The van der Waals surface area contributed by atoms with Crippen LogP contribution >= 0.6 is 0 Å². The molecular weight excluding hydrogens is 238 g/mol. The molecule has 1 atom stereocenters. The summed E-state index contributed by atoms with van der Waals surface area (Å²) in [6.07, 6.45) is 13.1. The fourth-order valence-corrected chi connectivity index (χ4v) is 2.61. The zero-order chi connectivity index (χ0) is 13.9. The Morgan fingerprint density at radius 1 is 0.895 bits per heavy atom. The predicted octanol–water partition coefficient (Wildman–Crippen LogP) is 3.36. The van der Waals surface area contributed by atoms with Crippen molar-refractivity contribution in [2.24, 2.45) is 5.92 Å². The molecule has 0 amide bonds. The van der Waals surface area contributed by atoms with Gasteiger partial charge in [0.1, 0.15) is 0 Å². The topological polar surface area (TPSA) is 77.9 Å². The molecule has 0 aliphatic rings. The third-order valence-electron chi connectivity index (χ3n) is 3.99. The molecule has 0 fully saturated rings. The molecule has 0 heterocycles. The average molecular weight is 275 g/mol. The van der Waals surface area contributed by atoms with Gasteiger partial charge in [0, 0.05) is 12.5 Å². The average Bonchev–Trinajstić information content (AvgIpc) is 2.30. The maximum atomic E-state index is 9.10. The third kappa shape index (κ3) is 12.6. The molecule has 118 valence electrons. The van der Waals surface area contributed by atoms with E-state index in [1.807, 2.05) is 0 Å². The maximum Gasteiger partial charge on any atom is 0.0918 e. The van der Waals surface area contributed by atoms with Gasteiger partial charge in [0.05, 0.1) is 5.54 Å². The molecule has 0 aromatic carbocycles. The van der Waals surface area contributed by atoms with Crippen LogP contribution in [0.1, 0.15) is 85.0 Å². The van der Waals surface area contributed by atoms with Gasteiger partial charge in [-0.3, -0.25) is 0 Å². The van der Waals surface area contributed by atoms with E-state index in [-0.39, 0.29) is 11.0 Å². The van der Waals surface area contributed by atoms with E-state index in [4.69, 9.17) is 5.11 Å². The molecule has 3 nitrogen and oxygen atoms in total. The highest BCUT2D eigenvalue weighted by atomic mass is 16.3. The smallest absolute Gasteiger partial charge is 0.0918 e. The van der Waals surface area contributed by atoms with Crippen molar-refractivity contribution >= 4 is 0 Å². The fraction of sp³-hybridized carbons (Fsp3) is 1.00. The lowest BCUT2D eigenvalue weighted by Crippen LogP contribution is -2.72. The Bertz CT molecular complexity index is 178. The second-order valence-electron chi connectivity index (χ2n) is 6.46. The van der Waals surface area contributed by atoms with E-state index >= 15 is 0 Å². The molecule has 19 heavy (non-hydrogen) atoms. The zero-order valence-electron chi connectivity index (χ0n) is 13.5. The first-order chi connectivity index (χ1) is 8.52. The highest BCUT2D eigenvalue weighted by Gasteiger charge is 2.27. The minimum atomic E-state index is 0. The summed E-state index contributed by atoms with van der Waals surface area (Å²) in [5.41, 5.74) is 4.33. The molecule has 0 aliphatic carbocycles. The van der Waals surface area contributed by atoms with Gasteiger partial charge >= 0.3 is 0 Å². The zero-order valence-corrected chi connectivity index (χ0v) is 13.5. The van der Waals surface area contributed by atoms with Crippen molar-refractivity contribution in [3.05, 3.63) is 0 Å². The van der Waals surface area contributed by atoms with E-state index in [0.717, 1.165) is 6.42 Å². The lowest BCUT2D eigenvalue weighted by molar-refractivity contribution is -0.481. The lowest BCUT2D eigenvalue weighted by atomic mass is 9.82. The van der Waals surface area contributed by atoms with Crippen molar-refractivity contribution < 1.29 is 16.3 Å². The van der Waals surface area contributed by atoms with E-state index in [2.05, 4.69) is 26.5 Å². The quantitative estimate of drug-likeness (QED) is 0.536. The number of aliphatic hydroxyl groups excluding tert-OH is 1. The van der Waals surface area contributed by atoms with Crippen LogP contribution in [0.3, 0.4) is 0 Å². The fourth-order valence-electron chi connectivity index (χ4n) is 2.61. The Hall–Kier alpha value is -0.120. The van der Waals surface area contributed by atoms with Crippen LogP contribution in [-0.2, 0) is 0 Å². The molecule has 0 spiro atoms. The van der Waals surface area contributed by atoms with Crippen LogP contribution in [-0.4, -0.2) is 22.7 Å². The molecule has 0 bridgehead atoms. The predicted molar refractivity (Wildman–Crippen MR) is 81.3 cm³/mol. The van der Waals surface area contributed by atoms with Gasteiger partial charge in [0.2, 0.25) is 0 Å². The number of unbranched alkanes of at least 4 members (excludes halogenated alkanes) is 7. The van der Waals surface area contributed by atoms with Gasteiger partial charge in [-0.15, -0.1) is 0 Å². The monoisotopic (exact) mass is 275 g/mol. The number of rotatable bonds is 12. The summed E-state index contributed by atoms with van der Waals surface area (Å²) in [5, 5.41) is 9.10. The molecule has 0 aromatic heterocycles. The summed E-state index contributed by atoms with van der Waals surface area (Å²) in [5.74, 6) is 0.572. The van der Waals surface area contributed by atoms with Crippen LogP contribution in [0.2, 0.25) is 0 Å². The van der Waals surface area contributed by atoms with E-state index in [9.17, 15) is 0 Å². The molecule has 0 aromatic rings.